The Morgan fingerprint density at radius 3 is 2.73 bits per heavy atom. The van der Waals surface area contributed by atoms with Crippen molar-refractivity contribution in [2.24, 2.45) is 0 Å². The first-order chi connectivity index (χ1) is 14.4. The topological polar surface area (TPSA) is 83.1 Å². The van der Waals surface area contributed by atoms with E-state index in [1.165, 1.54) is 28.2 Å². The quantitative estimate of drug-likeness (QED) is 0.441. The second kappa shape index (κ2) is 8.23. The largest absolute Gasteiger partial charge is 0.333 e. The van der Waals surface area contributed by atoms with Crippen LogP contribution in [-0.4, -0.2) is 42.2 Å². The number of hydrogen-bond donors (Lipinski definition) is 1. The highest BCUT2D eigenvalue weighted by atomic mass is 32.2. The molecule has 9 heteroatoms. The van der Waals surface area contributed by atoms with Crippen molar-refractivity contribution in [1.82, 2.24) is 9.97 Å². The fourth-order valence-electron chi connectivity index (χ4n) is 3.36. The molecule has 1 aliphatic heterocycles. The number of nitrogens with zero attached hydrogens (tertiary/aromatic N) is 2. The smallest absolute Gasteiger partial charge is 0.234 e. The minimum Gasteiger partial charge on any atom is -0.333 e. The Labute approximate surface area is 178 Å². The fourth-order valence-corrected chi connectivity index (χ4v) is 5.26. The Morgan fingerprint density at radius 1 is 1.23 bits per heavy atom. The lowest BCUT2D eigenvalue weighted by Crippen LogP contribution is -2.30. The number of Topliss-reactive ketones (excluding diaryl/α,β-unsaturated/α-hetero) is 1. The summed E-state index contributed by atoms with van der Waals surface area (Å²) in [6.45, 7) is 2.04. The SMILES string of the molecule is CCS(=O)(=O)N1CCc2cc(C(=O)CSc3ncc(-c4ccc(F)cc4)[nH]3)ccc21. The monoisotopic (exact) mass is 445 g/mol. The van der Waals surface area contributed by atoms with E-state index in [9.17, 15) is 17.6 Å². The summed E-state index contributed by atoms with van der Waals surface area (Å²) >= 11 is 1.29. The van der Waals surface area contributed by atoms with Crippen LogP contribution in [0.4, 0.5) is 10.1 Å². The number of hydrogen-bond acceptors (Lipinski definition) is 5. The molecule has 1 aromatic heterocycles. The Bertz CT molecular complexity index is 1190. The van der Waals surface area contributed by atoms with Gasteiger partial charge >= 0.3 is 0 Å². The molecule has 0 atom stereocenters. The van der Waals surface area contributed by atoms with Crippen LogP contribution < -0.4 is 4.31 Å². The van der Waals surface area contributed by atoms with Crippen LogP contribution in [0.25, 0.3) is 11.3 Å². The molecule has 0 spiro atoms. The molecule has 2 aromatic carbocycles. The number of halogens is 1. The van der Waals surface area contributed by atoms with Gasteiger partial charge in [0.05, 0.1) is 29.1 Å². The van der Waals surface area contributed by atoms with Crippen LogP contribution in [0.1, 0.15) is 22.8 Å². The van der Waals surface area contributed by atoms with E-state index in [4.69, 9.17) is 0 Å². The molecule has 0 saturated carbocycles. The summed E-state index contributed by atoms with van der Waals surface area (Å²) in [6, 6.07) is 11.3. The van der Waals surface area contributed by atoms with Gasteiger partial charge in [-0.05, 0) is 66.9 Å². The number of carbonyl (C=O) groups excluding carboxylic acids is 1. The molecule has 2 heterocycles. The minimum absolute atomic E-state index is 0.0484. The van der Waals surface area contributed by atoms with Crippen LogP contribution in [0.15, 0.2) is 53.8 Å². The number of anilines is 1. The van der Waals surface area contributed by atoms with Gasteiger partial charge in [-0.1, -0.05) is 11.8 Å². The van der Waals surface area contributed by atoms with Gasteiger partial charge in [-0.2, -0.15) is 0 Å². The van der Waals surface area contributed by atoms with Gasteiger partial charge in [0.15, 0.2) is 10.9 Å². The highest BCUT2D eigenvalue weighted by Crippen LogP contribution is 2.32. The Hall–Kier alpha value is -2.65. The number of ketones is 1. The standard InChI is InChI=1S/C21H20FN3O3S2/c1-2-30(27,28)25-10-9-15-11-16(5-8-19(15)25)20(26)13-29-21-23-12-18(24-21)14-3-6-17(22)7-4-14/h3-8,11-12H,2,9-10,13H2,1H3,(H,23,24). The molecule has 6 nitrogen and oxygen atoms in total. The van der Waals surface area contributed by atoms with Gasteiger partial charge in [0, 0.05) is 12.1 Å². The van der Waals surface area contributed by atoms with Crippen molar-refractivity contribution in [1.29, 1.82) is 0 Å². The second-order valence-electron chi connectivity index (χ2n) is 6.89. The van der Waals surface area contributed by atoms with Crippen LogP contribution in [0.3, 0.4) is 0 Å². The first-order valence-corrected chi connectivity index (χ1v) is 12.1. The van der Waals surface area contributed by atoms with E-state index >= 15 is 0 Å². The normalized spacial score (nSPS) is 13.5. The zero-order chi connectivity index (χ0) is 21.3. The summed E-state index contributed by atoms with van der Waals surface area (Å²) in [6.07, 6.45) is 2.25. The molecule has 3 aromatic rings. The van der Waals surface area contributed by atoms with Gasteiger partial charge < -0.3 is 4.98 Å². The Kier molecular flexibility index (Phi) is 5.66. The van der Waals surface area contributed by atoms with Crippen LogP contribution in [0, 0.1) is 5.82 Å². The molecule has 30 heavy (non-hydrogen) atoms. The summed E-state index contributed by atoms with van der Waals surface area (Å²) < 4.78 is 38.9. The second-order valence-corrected chi connectivity index (χ2v) is 10.0. The number of benzene rings is 2. The van der Waals surface area contributed by atoms with Gasteiger partial charge in [-0.15, -0.1) is 0 Å². The van der Waals surface area contributed by atoms with Gasteiger partial charge in [-0.25, -0.2) is 17.8 Å². The molecule has 0 aliphatic carbocycles. The van der Waals surface area contributed by atoms with Crippen LogP contribution in [0.5, 0.6) is 0 Å². The molecule has 0 saturated heterocycles. The van der Waals surface area contributed by atoms with Crippen molar-refractivity contribution in [3.05, 3.63) is 65.6 Å². The van der Waals surface area contributed by atoms with Gasteiger partial charge in [0.25, 0.3) is 0 Å². The van der Waals surface area contributed by atoms with Crippen molar-refractivity contribution < 1.29 is 17.6 Å². The lowest BCUT2D eigenvalue weighted by molar-refractivity contribution is 0.102. The molecule has 156 valence electrons. The van der Waals surface area contributed by atoms with Crippen LogP contribution in [-0.2, 0) is 16.4 Å². The average Bonchev–Trinajstić information content (AvgIpc) is 3.39. The van der Waals surface area contributed by atoms with Crippen molar-refractivity contribution >= 4 is 33.3 Å². The summed E-state index contributed by atoms with van der Waals surface area (Å²) in [7, 11) is -3.30. The zero-order valence-corrected chi connectivity index (χ0v) is 17.9. The molecule has 4 rings (SSSR count). The van der Waals surface area contributed by atoms with Crippen molar-refractivity contribution in [2.75, 3.05) is 22.4 Å². The third-order valence-electron chi connectivity index (χ3n) is 5.00. The van der Waals surface area contributed by atoms with E-state index in [2.05, 4.69) is 9.97 Å². The van der Waals surface area contributed by atoms with Crippen molar-refractivity contribution in [3.8, 4) is 11.3 Å². The van der Waals surface area contributed by atoms with E-state index in [0.29, 0.717) is 29.4 Å². The van der Waals surface area contributed by atoms with Crippen molar-refractivity contribution in [2.45, 2.75) is 18.5 Å². The predicted octanol–water partition coefficient (Wildman–Crippen LogP) is 3.90. The Morgan fingerprint density at radius 2 is 2.00 bits per heavy atom. The number of aromatic amines is 1. The molecule has 1 aliphatic rings. The average molecular weight is 446 g/mol. The molecule has 0 fully saturated rings. The summed E-state index contributed by atoms with van der Waals surface area (Å²) in [5, 5.41) is 0.601. The van der Waals surface area contributed by atoms with E-state index in [1.807, 2.05) is 0 Å². The molecule has 0 amide bonds. The number of fused-ring (bicyclic) bond motifs is 1. The maximum atomic E-state index is 13.1. The highest BCUT2D eigenvalue weighted by Gasteiger charge is 2.28. The number of nitrogens with one attached hydrogen (secondary N) is 1. The number of aromatic nitrogens is 2. The molecule has 1 N–H and O–H groups in total. The summed E-state index contributed by atoms with van der Waals surface area (Å²) in [5.74, 6) is -0.110. The molecule has 0 bridgehead atoms. The van der Waals surface area contributed by atoms with E-state index in [0.717, 1.165) is 16.8 Å². The third kappa shape index (κ3) is 4.13. The lowest BCUT2D eigenvalue weighted by atomic mass is 10.1. The predicted molar refractivity (Wildman–Crippen MR) is 116 cm³/mol. The van der Waals surface area contributed by atoms with Crippen LogP contribution in [0.2, 0.25) is 0 Å². The first kappa shape index (κ1) is 20.6. The molecular weight excluding hydrogens is 425 g/mol. The first-order valence-electron chi connectivity index (χ1n) is 9.47. The number of imidazole rings is 1. The van der Waals surface area contributed by atoms with E-state index in [-0.39, 0.29) is 23.1 Å². The summed E-state index contributed by atoms with van der Waals surface area (Å²) in [5.41, 5.74) is 3.66. The van der Waals surface area contributed by atoms with Gasteiger partial charge in [0.2, 0.25) is 10.0 Å². The number of rotatable bonds is 7. The molecular formula is C21H20FN3O3S2. The van der Waals surface area contributed by atoms with Crippen molar-refractivity contribution in [3.63, 3.8) is 0 Å². The van der Waals surface area contributed by atoms with Gasteiger partial charge in [0.1, 0.15) is 5.82 Å². The number of thioether (sulfide) groups is 1. The van der Waals surface area contributed by atoms with E-state index in [1.54, 1.807) is 43.5 Å². The molecule has 0 unspecified atom stereocenters. The van der Waals surface area contributed by atoms with Gasteiger partial charge in [-0.3, -0.25) is 9.10 Å². The Balaban J connectivity index is 1.42. The lowest BCUT2D eigenvalue weighted by Gasteiger charge is -2.18. The van der Waals surface area contributed by atoms with E-state index < -0.39 is 10.0 Å². The zero-order valence-electron chi connectivity index (χ0n) is 16.3. The fraction of sp³-hybridized carbons (Fsp3) is 0.238. The number of carbonyl (C=O) groups is 1. The number of H-pyrrole nitrogens is 1. The molecule has 0 radical (unpaired) electrons. The number of sulfonamides is 1. The minimum atomic E-state index is -3.30. The third-order valence-corrected chi connectivity index (χ3v) is 7.67. The maximum absolute atomic E-state index is 13.1. The van der Waals surface area contributed by atoms with Crippen LogP contribution >= 0.6 is 11.8 Å². The maximum Gasteiger partial charge on any atom is 0.234 e. The summed E-state index contributed by atoms with van der Waals surface area (Å²) in [4.78, 5) is 20.0. The highest BCUT2D eigenvalue weighted by molar-refractivity contribution is 7.99.